The molecule has 2 rings (SSSR count). The molecule has 0 aromatic heterocycles. The Balaban J connectivity index is 2.42. The number of para-hydroxylation sites is 1. The molecule has 1 saturated heterocycles. The topological polar surface area (TPSA) is 101 Å². The van der Waals surface area contributed by atoms with Crippen LogP contribution in [0.4, 0.5) is 5.69 Å². The molecule has 1 N–H and O–H groups in total. The fourth-order valence-electron chi connectivity index (χ4n) is 2.33. The van der Waals surface area contributed by atoms with Crippen LogP contribution in [0.3, 0.4) is 0 Å². The molecule has 0 aliphatic carbocycles. The molecule has 1 fully saturated rings. The highest BCUT2D eigenvalue weighted by atomic mass is 32.2. The van der Waals surface area contributed by atoms with Crippen LogP contribution in [0, 0.1) is 16.0 Å². The zero-order chi connectivity index (χ0) is 18.0. The lowest BCUT2D eigenvalue weighted by Crippen LogP contribution is -2.47. The van der Waals surface area contributed by atoms with E-state index in [0.29, 0.717) is 0 Å². The van der Waals surface area contributed by atoms with Gasteiger partial charge in [0.05, 0.1) is 15.4 Å². The van der Waals surface area contributed by atoms with E-state index in [1.165, 1.54) is 24.3 Å². The van der Waals surface area contributed by atoms with Crippen LogP contribution in [-0.4, -0.2) is 37.2 Å². The molecule has 0 radical (unpaired) electrons. The number of aliphatic carboxylic acids is 1. The smallest absolute Gasteiger partial charge is 0.327 e. The molecule has 126 valence electrons. The van der Waals surface area contributed by atoms with Gasteiger partial charge in [0.15, 0.2) is 0 Å². The monoisotopic (exact) mass is 366 g/mol. The Bertz CT molecular complexity index is 760. The first-order valence-corrected chi connectivity index (χ1v) is 8.19. The number of rotatable bonds is 5. The third-order valence-electron chi connectivity index (χ3n) is 3.41. The van der Waals surface area contributed by atoms with Crippen molar-refractivity contribution in [2.75, 3.05) is 0 Å². The Morgan fingerprint density at radius 3 is 2.58 bits per heavy atom. The second-order valence-corrected chi connectivity index (χ2v) is 7.07. The van der Waals surface area contributed by atoms with Gasteiger partial charge in [-0.15, -0.1) is 0 Å². The number of carbonyl (C=O) groups excluding carboxylic acids is 1. The predicted molar refractivity (Wildman–Crippen MR) is 94.4 cm³/mol. The van der Waals surface area contributed by atoms with Gasteiger partial charge in [0.2, 0.25) is 0 Å². The number of hydrogen-bond acceptors (Lipinski definition) is 6. The summed E-state index contributed by atoms with van der Waals surface area (Å²) in [6.07, 6.45) is 1.37. The molecule has 1 aromatic carbocycles. The minimum Gasteiger partial charge on any atom is -0.480 e. The Hall–Kier alpha value is -2.26. The molecule has 9 heteroatoms. The number of nitro groups is 1. The zero-order valence-electron chi connectivity index (χ0n) is 12.8. The Kier molecular flexibility index (Phi) is 5.35. The second-order valence-electron chi connectivity index (χ2n) is 5.39. The summed E-state index contributed by atoms with van der Waals surface area (Å²) in [5.74, 6) is -2.03. The van der Waals surface area contributed by atoms with Crippen LogP contribution >= 0.6 is 24.0 Å². The molecule has 0 saturated carbocycles. The van der Waals surface area contributed by atoms with Crippen LogP contribution in [0.2, 0.25) is 0 Å². The van der Waals surface area contributed by atoms with Crippen molar-refractivity contribution in [1.82, 2.24) is 4.90 Å². The van der Waals surface area contributed by atoms with Crippen LogP contribution in [0.5, 0.6) is 0 Å². The van der Waals surface area contributed by atoms with Gasteiger partial charge >= 0.3 is 5.97 Å². The fourth-order valence-corrected chi connectivity index (χ4v) is 3.65. The molecular weight excluding hydrogens is 352 g/mol. The van der Waals surface area contributed by atoms with Crippen molar-refractivity contribution in [1.29, 1.82) is 0 Å². The highest BCUT2D eigenvalue weighted by Crippen LogP contribution is 2.36. The summed E-state index contributed by atoms with van der Waals surface area (Å²) in [5.41, 5.74) is 0.126. The van der Waals surface area contributed by atoms with E-state index in [0.717, 1.165) is 16.7 Å². The Labute approximate surface area is 147 Å². The molecule has 1 amide bonds. The average Bonchev–Trinajstić information content (AvgIpc) is 2.75. The van der Waals surface area contributed by atoms with E-state index in [4.69, 9.17) is 12.2 Å². The van der Waals surface area contributed by atoms with Gasteiger partial charge in [-0.25, -0.2) is 4.79 Å². The fraction of sp³-hybridized carbons (Fsp3) is 0.267. The van der Waals surface area contributed by atoms with Gasteiger partial charge in [0, 0.05) is 6.07 Å². The van der Waals surface area contributed by atoms with Crippen LogP contribution in [0.1, 0.15) is 19.4 Å². The number of carboxylic acids is 1. The maximum Gasteiger partial charge on any atom is 0.327 e. The number of hydrogen-bond donors (Lipinski definition) is 1. The van der Waals surface area contributed by atoms with E-state index in [1.54, 1.807) is 19.9 Å². The number of amides is 1. The normalized spacial score (nSPS) is 17.6. The number of benzene rings is 1. The van der Waals surface area contributed by atoms with Crippen molar-refractivity contribution in [2.24, 2.45) is 5.92 Å². The second kappa shape index (κ2) is 7.10. The van der Waals surface area contributed by atoms with Crippen molar-refractivity contribution >= 4 is 51.9 Å². The van der Waals surface area contributed by atoms with Crippen molar-refractivity contribution in [3.05, 3.63) is 44.8 Å². The summed E-state index contributed by atoms with van der Waals surface area (Å²) >= 11 is 6.08. The van der Waals surface area contributed by atoms with Gasteiger partial charge in [-0.1, -0.05) is 50.0 Å². The molecule has 7 nitrogen and oxygen atoms in total. The minimum absolute atomic E-state index is 0.130. The first-order chi connectivity index (χ1) is 11.2. The van der Waals surface area contributed by atoms with Crippen molar-refractivity contribution in [3.8, 4) is 0 Å². The van der Waals surface area contributed by atoms with E-state index in [1.807, 2.05) is 0 Å². The Morgan fingerprint density at radius 2 is 2.04 bits per heavy atom. The molecule has 0 unspecified atom stereocenters. The lowest BCUT2D eigenvalue weighted by atomic mass is 10.0. The first-order valence-electron chi connectivity index (χ1n) is 6.97. The molecule has 0 spiro atoms. The van der Waals surface area contributed by atoms with Gasteiger partial charge in [-0.2, -0.15) is 0 Å². The number of thioether (sulfide) groups is 1. The van der Waals surface area contributed by atoms with Gasteiger partial charge in [0.1, 0.15) is 10.4 Å². The highest BCUT2D eigenvalue weighted by Gasteiger charge is 2.42. The summed E-state index contributed by atoms with van der Waals surface area (Å²) in [7, 11) is 0. The summed E-state index contributed by atoms with van der Waals surface area (Å²) in [4.78, 5) is 35.8. The molecule has 0 bridgehead atoms. The average molecular weight is 366 g/mol. The van der Waals surface area contributed by atoms with Crippen LogP contribution < -0.4 is 0 Å². The summed E-state index contributed by atoms with van der Waals surface area (Å²) < 4.78 is 0.130. The van der Waals surface area contributed by atoms with E-state index >= 15 is 0 Å². The van der Waals surface area contributed by atoms with Gasteiger partial charge in [-0.05, 0) is 18.1 Å². The van der Waals surface area contributed by atoms with Gasteiger partial charge in [0.25, 0.3) is 11.6 Å². The van der Waals surface area contributed by atoms with Crippen LogP contribution in [0.25, 0.3) is 6.08 Å². The quantitative estimate of drug-likeness (QED) is 0.370. The van der Waals surface area contributed by atoms with Gasteiger partial charge in [-0.3, -0.25) is 19.8 Å². The molecule has 1 aliphatic rings. The maximum absolute atomic E-state index is 12.6. The summed E-state index contributed by atoms with van der Waals surface area (Å²) in [5, 5.41) is 20.4. The number of carbonyl (C=O) groups is 2. The Morgan fingerprint density at radius 1 is 1.42 bits per heavy atom. The lowest BCUT2D eigenvalue weighted by molar-refractivity contribution is -0.385. The van der Waals surface area contributed by atoms with Crippen molar-refractivity contribution in [2.45, 2.75) is 19.9 Å². The molecular formula is C15H14N2O5S2. The largest absolute Gasteiger partial charge is 0.480 e. The third-order valence-corrected chi connectivity index (χ3v) is 4.74. The van der Waals surface area contributed by atoms with Gasteiger partial charge < -0.3 is 5.11 Å². The standard InChI is InChI=1S/C15H14N2O5S2/c1-8(2)12(14(19)20)16-13(18)11(24-15(16)23)7-9-5-3-4-6-10(9)17(21)22/h3-8,12H,1-2H3,(H,19,20)/b11-7-/t12-/m1/s1. The van der Waals surface area contributed by atoms with Crippen molar-refractivity contribution in [3.63, 3.8) is 0 Å². The molecule has 1 aliphatic heterocycles. The SMILES string of the molecule is CC(C)[C@H](C(=O)O)N1C(=O)/C(=C/c2ccccc2[N+](=O)[O-])SC1=S. The number of carboxylic acid groups (broad SMARTS) is 1. The number of nitrogens with zero attached hydrogens (tertiary/aromatic N) is 2. The van der Waals surface area contributed by atoms with Crippen molar-refractivity contribution < 1.29 is 19.6 Å². The van der Waals surface area contributed by atoms with E-state index < -0.39 is 22.8 Å². The van der Waals surface area contributed by atoms with E-state index in [9.17, 15) is 24.8 Å². The third kappa shape index (κ3) is 3.46. The lowest BCUT2D eigenvalue weighted by Gasteiger charge is -2.26. The number of thiocarbonyl (C=S) groups is 1. The van der Waals surface area contributed by atoms with E-state index in [-0.39, 0.29) is 26.4 Å². The minimum atomic E-state index is -1.15. The zero-order valence-corrected chi connectivity index (χ0v) is 14.5. The summed E-state index contributed by atoms with van der Waals surface area (Å²) in [6, 6.07) is 4.92. The highest BCUT2D eigenvalue weighted by molar-refractivity contribution is 8.26. The predicted octanol–water partition coefficient (Wildman–Crippen LogP) is 2.91. The summed E-state index contributed by atoms with van der Waals surface area (Å²) in [6.45, 7) is 3.37. The number of nitro benzene ring substituents is 1. The molecule has 1 heterocycles. The molecule has 1 aromatic rings. The van der Waals surface area contributed by atoms with Crippen LogP contribution in [-0.2, 0) is 9.59 Å². The first kappa shape index (κ1) is 18.1. The van der Waals surface area contributed by atoms with Crippen LogP contribution in [0.15, 0.2) is 29.2 Å². The molecule has 1 atom stereocenters. The van der Waals surface area contributed by atoms with E-state index in [2.05, 4.69) is 0 Å². The molecule has 24 heavy (non-hydrogen) atoms. The maximum atomic E-state index is 12.6.